The van der Waals surface area contributed by atoms with Gasteiger partial charge in [0, 0.05) is 13.1 Å². The zero-order valence-electron chi connectivity index (χ0n) is 12.6. The number of nitrogens with one attached hydrogen (secondary N) is 1. The van der Waals surface area contributed by atoms with Gasteiger partial charge in [-0.3, -0.25) is 0 Å². The summed E-state index contributed by atoms with van der Waals surface area (Å²) in [4.78, 5) is 24.5. The van der Waals surface area contributed by atoms with Crippen molar-refractivity contribution in [2.75, 3.05) is 7.05 Å². The van der Waals surface area contributed by atoms with E-state index in [1.54, 1.807) is 0 Å². The van der Waals surface area contributed by atoms with Crippen molar-refractivity contribution in [1.29, 1.82) is 0 Å². The van der Waals surface area contributed by atoms with Crippen LogP contribution in [0, 0.1) is 11.8 Å². The Morgan fingerprint density at radius 1 is 1.26 bits per heavy atom. The summed E-state index contributed by atoms with van der Waals surface area (Å²) >= 11 is 0. The van der Waals surface area contributed by atoms with Crippen molar-refractivity contribution in [1.82, 2.24) is 10.2 Å². The van der Waals surface area contributed by atoms with E-state index in [0.29, 0.717) is 11.8 Å². The number of amides is 2. The second-order valence-electron chi connectivity index (χ2n) is 6.37. The summed E-state index contributed by atoms with van der Waals surface area (Å²) in [6.07, 6.45) is 3.19. The van der Waals surface area contributed by atoms with Crippen LogP contribution in [0.5, 0.6) is 0 Å². The third kappa shape index (κ3) is 3.61. The quantitative estimate of drug-likeness (QED) is 0.827. The van der Waals surface area contributed by atoms with Crippen molar-refractivity contribution >= 4 is 12.0 Å². The van der Waals surface area contributed by atoms with E-state index in [4.69, 9.17) is 5.11 Å². The number of nitrogens with zero attached hydrogens (tertiary/aromatic N) is 1. The van der Waals surface area contributed by atoms with Crippen LogP contribution in [-0.2, 0) is 4.79 Å². The molecule has 1 aliphatic carbocycles. The first-order valence-electron chi connectivity index (χ1n) is 6.94. The molecule has 0 aliphatic heterocycles. The highest BCUT2D eigenvalue weighted by Gasteiger charge is 2.36. The Hall–Kier alpha value is -1.26. The van der Waals surface area contributed by atoms with Crippen molar-refractivity contribution in [3.8, 4) is 0 Å². The number of carboxylic acid groups (broad SMARTS) is 1. The fraction of sp³-hybridized carbons (Fsp3) is 0.857. The zero-order chi connectivity index (χ0) is 14.8. The van der Waals surface area contributed by atoms with Gasteiger partial charge in [-0.2, -0.15) is 0 Å². The van der Waals surface area contributed by atoms with Crippen LogP contribution in [0.1, 0.15) is 47.0 Å². The first kappa shape index (κ1) is 15.8. The maximum Gasteiger partial charge on any atom is 0.329 e. The molecule has 2 N–H and O–H groups in total. The van der Waals surface area contributed by atoms with Crippen LogP contribution in [0.2, 0.25) is 0 Å². The van der Waals surface area contributed by atoms with Crippen LogP contribution in [0.4, 0.5) is 4.79 Å². The number of carboxylic acids is 1. The number of carbonyl (C=O) groups is 2. The molecule has 1 aliphatic rings. The molecule has 3 atom stereocenters. The molecule has 0 aromatic heterocycles. The van der Waals surface area contributed by atoms with E-state index < -0.39 is 11.5 Å². The van der Waals surface area contributed by atoms with E-state index in [2.05, 4.69) is 19.2 Å². The lowest BCUT2D eigenvalue weighted by Gasteiger charge is -2.37. The molecule has 0 spiro atoms. The normalized spacial score (nSPS) is 27.7. The largest absolute Gasteiger partial charge is 0.480 e. The Morgan fingerprint density at radius 3 is 2.32 bits per heavy atom. The maximum absolute atomic E-state index is 12.1. The molecular formula is C14H26N2O3. The smallest absolute Gasteiger partial charge is 0.329 e. The Kier molecular flexibility index (Phi) is 4.82. The molecule has 1 fully saturated rings. The van der Waals surface area contributed by atoms with Crippen molar-refractivity contribution < 1.29 is 14.7 Å². The third-order valence-corrected chi connectivity index (χ3v) is 4.41. The highest BCUT2D eigenvalue weighted by molar-refractivity contribution is 5.85. The number of likely N-dealkylation sites (N-methyl/N-ethyl adjacent to an activating group) is 1. The maximum atomic E-state index is 12.1. The fourth-order valence-electron chi connectivity index (χ4n) is 2.53. The summed E-state index contributed by atoms with van der Waals surface area (Å²) in [5.74, 6) is 0.140. The monoisotopic (exact) mass is 270 g/mol. The Morgan fingerprint density at radius 2 is 1.84 bits per heavy atom. The molecule has 110 valence electrons. The minimum atomic E-state index is -1.20. The second kappa shape index (κ2) is 5.80. The lowest BCUT2D eigenvalue weighted by atomic mass is 9.80. The van der Waals surface area contributed by atoms with Crippen LogP contribution < -0.4 is 5.32 Å². The van der Waals surface area contributed by atoms with E-state index >= 15 is 0 Å². The van der Waals surface area contributed by atoms with E-state index in [9.17, 15) is 9.59 Å². The molecule has 0 heterocycles. The summed E-state index contributed by atoms with van der Waals surface area (Å²) in [5.41, 5.74) is -1.20. The molecule has 0 saturated heterocycles. The molecule has 5 nitrogen and oxygen atoms in total. The van der Waals surface area contributed by atoms with Gasteiger partial charge in [-0.15, -0.1) is 0 Å². The number of urea groups is 1. The first-order chi connectivity index (χ1) is 8.66. The lowest BCUT2D eigenvalue weighted by Crippen LogP contribution is -2.56. The molecule has 1 saturated carbocycles. The van der Waals surface area contributed by atoms with Gasteiger partial charge < -0.3 is 15.3 Å². The van der Waals surface area contributed by atoms with Gasteiger partial charge in [0.2, 0.25) is 0 Å². The van der Waals surface area contributed by atoms with Gasteiger partial charge in [-0.25, -0.2) is 9.59 Å². The first-order valence-corrected chi connectivity index (χ1v) is 6.94. The SMILES string of the molecule is CC1CCC(NC(=O)N(C)C(C)(C)C(=O)O)C(C)C1. The van der Waals surface area contributed by atoms with Gasteiger partial charge in [-0.1, -0.05) is 13.8 Å². The lowest BCUT2D eigenvalue weighted by molar-refractivity contribution is -0.146. The Labute approximate surface area is 115 Å². The average Bonchev–Trinajstić information content (AvgIpc) is 2.31. The summed E-state index contributed by atoms with van der Waals surface area (Å²) in [6.45, 7) is 7.43. The Bertz CT molecular complexity index is 355. The molecule has 2 amide bonds. The summed E-state index contributed by atoms with van der Waals surface area (Å²) < 4.78 is 0. The van der Waals surface area contributed by atoms with E-state index in [1.165, 1.54) is 25.8 Å². The molecule has 0 aromatic rings. The molecular weight excluding hydrogens is 244 g/mol. The standard InChI is InChI=1S/C14H26N2O3/c1-9-6-7-11(10(2)8-9)15-13(19)16(5)14(3,4)12(17)18/h9-11H,6-8H2,1-5H3,(H,15,19)(H,17,18). The molecule has 19 heavy (non-hydrogen) atoms. The minimum Gasteiger partial charge on any atom is -0.480 e. The summed E-state index contributed by atoms with van der Waals surface area (Å²) in [6, 6.07) is -0.158. The van der Waals surface area contributed by atoms with E-state index in [1.807, 2.05) is 0 Å². The zero-order valence-corrected chi connectivity index (χ0v) is 12.6. The van der Waals surface area contributed by atoms with Gasteiger partial charge in [-0.05, 0) is 44.9 Å². The molecule has 3 unspecified atom stereocenters. The Balaban J connectivity index is 2.62. The van der Waals surface area contributed by atoms with Crippen LogP contribution in [0.25, 0.3) is 0 Å². The fourth-order valence-corrected chi connectivity index (χ4v) is 2.53. The highest BCUT2D eigenvalue weighted by atomic mass is 16.4. The van der Waals surface area contributed by atoms with Crippen LogP contribution in [0.3, 0.4) is 0 Å². The van der Waals surface area contributed by atoms with Crippen molar-refractivity contribution in [3.63, 3.8) is 0 Å². The molecule has 1 rings (SSSR count). The van der Waals surface area contributed by atoms with Gasteiger partial charge in [0.05, 0.1) is 0 Å². The number of aliphatic carboxylic acids is 1. The topological polar surface area (TPSA) is 69.6 Å². The summed E-state index contributed by atoms with van der Waals surface area (Å²) in [5, 5.41) is 12.1. The van der Waals surface area contributed by atoms with Gasteiger partial charge in [0.15, 0.2) is 0 Å². The predicted molar refractivity (Wildman–Crippen MR) is 74.0 cm³/mol. The molecule has 0 bridgehead atoms. The van der Waals surface area contributed by atoms with Crippen LogP contribution in [0.15, 0.2) is 0 Å². The van der Waals surface area contributed by atoms with Gasteiger partial charge in [0.25, 0.3) is 0 Å². The van der Waals surface area contributed by atoms with Crippen molar-refractivity contribution in [2.24, 2.45) is 11.8 Å². The number of carbonyl (C=O) groups excluding carboxylic acids is 1. The third-order valence-electron chi connectivity index (χ3n) is 4.41. The molecule has 0 aromatic carbocycles. The predicted octanol–water partition coefficient (Wildman–Crippen LogP) is 2.32. The van der Waals surface area contributed by atoms with Crippen LogP contribution in [-0.4, -0.2) is 40.6 Å². The number of hydrogen-bond acceptors (Lipinski definition) is 2. The second-order valence-corrected chi connectivity index (χ2v) is 6.37. The molecule has 0 radical (unpaired) electrons. The number of rotatable bonds is 3. The summed E-state index contributed by atoms with van der Waals surface area (Å²) in [7, 11) is 1.53. The highest BCUT2D eigenvalue weighted by Crippen LogP contribution is 2.28. The van der Waals surface area contributed by atoms with E-state index in [-0.39, 0.29) is 12.1 Å². The van der Waals surface area contributed by atoms with Gasteiger partial charge >= 0.3 is 12.0 Å². The van der Waals surface area contributed by atoms with Crippen LogP contribution >= 0.6 is 0 Å². The van der Waals surface area contributed by atoms with Gasteiger partial charge in [0.1, 0.15) is 5.54 Å². The molecule has 5 heteroatoms. The average molecular weight is 270 g/mol. The van der Waals surface area contributed by atoms with Crippen molar-refractivity contribution in [2.45, 2.75) is 58.5 Å². The van der Waals surface area contributed by atoms with E-state index in [0.717, 1.165) is 19.3 Å². The van der Waals surface area contributed by atoms with Crippen molar-refractivity contribution in [3.05, 3.63) is 0 Å². The minimum absolute atomic E-state index is 0.149. The number of hydrogen-bond donors (Lipinski definition) is 2.